The van der Waals surface area contributed by atoms with Gasteiger partial charge >= 0.3 is 5.97 Å². The van der Waals surface area contributed by atoms with Crippen LogP contribution in [0.1, 0.15) is 27.7 Å². The van der Waals surface area contributed by atoms with Gasteiger partial charge in [-0.15, -0.1) is 0 Å². The molecule has 0 aliphatic carbocycles. The molecule has 0 rings (SSSR count). The highest BCUT2D eigenvalue weighted by Crippen LogP contribution is 1.81. The molecule has 0 saturated carbocycles. The first-order valence-corrected chi connectivity index (χ1v) is 3.90. The second kappa shape index (κ2) is 9.43. The third-order valence-electron chi connectivity index (χ3n) is 0.472. The van der Waals surface area contributed by atoms with E-state index in [-0.39, 0.29) is 12.5 Å². The lowest BCUT2D eigenvalue weighted by Gasteiger charge is -1.93. The molecular formula is C8H19NO2. The zero-order valence-corrected chi connectivity index (χ0v) is 7.89. The summed E-state index contributed by atoms with van der Waals surface area (Å²) in [5, 5.41) is 0. The molecule has 3 heteroatoms. The smallest absolute Gasteiger partial charge is 0.319 e. The van der Waals surface area contributed by atoms with E-state index in [4.69, 9.17) is 5.73 Å². The van der Waals surface area contributed by atoms with Gasteiger partial charge in [0.05, 0.1) is 13.2 Å². The monoisotopic (exact) mass is 161 g/mol. The molecule has 0 saturated heterocycles. The minimum Gasteiger partial charge on any atom is -0.465 e. The Hall–Kier alpha value is -0.570. The average molecular weight is 161 g/mol. The van der Waals surface area contributed by atoms with Crippen LogP contribution in [-0.4, -0.2) is 19.1 Å². The summed E-state index contributed by atoms with van der Waals surface area (Å²) in [7, 11) is 0. The second-order valence-electron chi connectivity index (χ2n) is 2.74. The average Bonchev–Trinajstić information content (AvgIpc) is 1.87. The summed E-state index contributed by atoms with van der Waals surface area (Å²) in [5.74, 6) is 0.488. The van der Waals surface area contributed by atoms with E-state index in [0.717, 1.165) is 5.92 Å². The van der Waals surface area contributed by atoms with E-state index in [0.29, 0.717) is 6.61 Å². The molecular weight excluding hydrogens is 142 g/mol. The van der Waals surface area contributed by atoms with Crippen molar-refractivity contribution in [1.29, 1.82) is 0 Å². The van der Waals surface area contributed by atoms with Crippen LogP contribution in [0.4, 0.5) is 0 Å². The topological polar surface area (TPSA) is 52.3 Å². The third-order valence-corrected chi connectivity index (χ3v) is 0.472. The summed E-state index contributed by atoms with van der Waals surface area (Å²) >= 11 is 0. The summed E-state index contributed by atoms with van der Waals surface area (Å²) in [6.07, 6.45) is 0. The van der Waals surface area contributed by atoms with Gasteiger partial charge in [0.25, 0.3) is 0 Å². The quantitative estimate of drug-likeness (QED) is 0.618. The predicted octanol–water partition coefficient (Wildman–Crippen LogP) is 1.17. The number of esters is 1. The number of rotatable bonds is 2. The molecule has 0 spiro atoms. The molecule has 0 fully saturated rings. The molecule has 0 aliphatic heterocycles. The Morgan fingerprint density at radius 2 is 1.82 bits per heavy atom. The van der Waals surface area contributed by atoms with Crippen LogP contribution in [0.2, 0.25) is 0 Å². The fourth-order valence-electron chi connectivity index (χ4n) is 0.220. The minimum absolute atomic E-state index is 0.0200. The van der Waals surface area contributed by atoms with Gasteiger partial charge in [-0.3, -0.25) is 4.79 Å². The summed E-state index contributed by atoms with van der Waals surface area (Å²) < 4.78 is 4.43. The summed E-state index contributed by atoms with van der Waals surface area (Å²) in [4.78, 5) is 10.1. The summed E-state index contributed by atoms with van der Waals surface area (Å²) in [6, 6.07) is 0. The summed E-state index contributed by atoms with van der Waals surface area (Å²) in [5.41, 5.74) is 4.88. The van der Waals surface area contributed by atoms with Crippen LogP contribution in [0.5, 0.6) is 0 Å². The zero-order valence-electron chi connectivity index (χ0n) is 7.89. The van der Waals surface area contributed by atoms with Gasteiger partial charge in [-0.05, 0) is 12.8 Å². The van der Waals surface area contributed by atoms with Crippen LogP contribution < -0.4 is 5.73 Å². The van der Waals surface area contributed by atoms with Gasteiger partial charge in [-0.25, -0.2) is 0 Å². The number of carbonyl (C=O) groups excluding carboxylic acids is 1. The Balaban J connectivity index is 0. The van der Waals surface area contributed by atoms with E-state index < -0.39 is 0 Å². The van der Waals surface area contributed by atoms with Gasteiger partial charge in [0.15, 0.2) is 0 Å². The van der Waals surface area contributed by atoms with E-state index in [1.165, 1.54) is 0 Å². The number of hydrogen-bond acceptors (Lipinski definition) is 3. The van der Waals surface area contributed by atoms with Crippen molar-refractivity contribution in [2.45, 2.75) is 27.7 Å². The van der Waals surface area contributed by atoms with Gasteiger partial charge in [0, 0.05) is 0 Å². The normalized spacial score (nSPS) is 8.55. The van der Waals surface area contributed by atoms with Crippen molar-refractivity contribution < 1.29 is 9.53 Å². The molecule has 0 aromatic heterocycles. The highest BCUT2D eigenvalue weighted by atomic mass is 16.5. The van der Waals surface area contributed by atoms with Gasteiger partial charge in [-0.1, -0.05) is 20.8 Å². The lowest BCUT2D eigenvalue weighted by molar-refractivity contribution is -0.141. The van der Waals surface area contributed by atoms with Gasteiger partial charge in [-0.2, -0.15) is 0 Å². The standard InChI is InChI=1S/C4H9NO2.C4H10/c1-2-7-4(6)3-5;1-4(2)3/h2-3,5H2,1H3;4H,1-3H3. The first-order chi connectivity index (χ1) is 5.04. The summed E-state index contributed by atoms with van der Waals surface area (Å²) in [6.45, 7) is 8.64. The van der Waals surface area contributed by atoms with Crippen LogP contribution in [0.3, 0.4) is 0 Å². The largest absolute Gasteiger partial charge is 0.465 e. The van der Waals surface area contributed by atoms with Gasteiger partial charge in [0.2, 0.25) is 0 Å². The minimum atomic E-state index is -0.345. The van der Waals surface area contributed by atoms with Crippen molar-refractivity contribution in [3.8, 4) is 0 Å². The number of hydrogen-bond donors (Lipinski definition) is 1. The number of ether oxygens (including phenoxy) is 1. The Labute approximate surface area is 68.9 Å². The molecule has 0 aromatic rings. The molecule has 0 radical (unpaired) electrons. The van der Waals surface area contributed by atoms with Crippen LogP contribution in [-0.2, 0) is 9.53 Å². The molecule has 3 nitrogen and oxygen atoms in total. The molecule has 11 heavy (non-hydrogen) atoms. The van der Waals surface area contributed by atoms with E-state index in [2.05, 4.69) is 25.5 Å². The molecule has 0 aliphatic rings. The zero-order chi connectivity index (χ0) is 9.28. The maximum Gasteiger partial charge on any atom is 0.319 e. The molecule has 0 atom stereocenters. The second-order valence-corrected chi connectivity index (χ2v) is 2.74. The van der Waals surface area contributed by atoms with E-state index in [1.807, 2.05) is 0 Å². The number of carbonyl (C=O) groups is 1. The molecule has 68 valence electrons. The Morgan fingerprint density at radius 1 is 1.45 bits per heavy atom. The van der Waals surface area contributed by atoms with Crippen LogP contribution >= 0.6 is 0 Å². The van der Waals surface area contributed by atoms with Crippen molar-refractivity contribution in [3.63, 3.8) is 0 Å². The van der Waals surface area contributed by atoms with Crippen molar-refractivity contribution in [2.24, 2.45) is 11.7 Å². The first-order valence-electron chi connectivity index (χ1n) is 3.90. The van der Waals surface area contributed by atoms with Crippen LogP contribution in [0.25, 0.3) is 0 Å². The SMILES string of the molecule is CC(C)C.CCOC(=O)CN. The molecule has 0 heterocycles. The highest BCUT2D eigenvalue weighted by Gasteiger charge is 1.91. The Bertz CT molecular complexity index is 89.3. The third kappa shape index (κ3) is 26.5. The van der Waals surface area contributed by atoms with Gasteiger partial charge in [0.1, 0.15) is 0 Å². The van der Waals surface area contributed by atoms with Crippen molar-refractivity contribution in [3.05, 3.63) is 0 Å². The van der Waals surface area contributed by atoms with E-state index in [1.54, 1.807) is 6.92 Å². The highest BCUT2D eigenvalue weighted by molar-refractivity contribution is 5.71. The van der Waals surface area contributed by atoms with Crippen molar-refractivity contribution in [2.75, 3.05) is 13.2 Å². The molecule has 0 aromatic carbocycles. The first kappa shape index (κ1) is 13.1. The Morgan fingerprint density at radius 3 is 1.91 bits per heavy atom. The van der Waals surface area contributed by atoms with E-state index >= 15 is 0 Å². The van der Waals surface area contributed by atoms with Gasteiger partial charge < -0.3 is 10.5 Å². The maximum atomic E-state index is 10.1. The molecule has 0 unspecified atom stereocenters. The lowest BCUT2D eigenvalue weighted by atomic mass is 10.3. The van der Waals surface area contributed by atoms with Crippen molar-refractivity contribution in [1.82, 2.24) is 0 Å². The fourth-order valence-corrected chi connectivity index (χ4v) is 0.220. The predicted molar refractivity (Wildman–Crippen MR) is 46.2 cm³/mol. The Kier molecular flexibility index (Phi) is 11.2. The number of nitrogens with two attached hydrogens (primary N) is 1. The fraction of sp³-hybridized carbons (Fsp3) is 0.875. The molecule has 2 N–H and O–H groups in total. The van der Waals surface area contributed by atoms with Crippen molar-refractivity contribution >= 4 is 5.97 Å². The van der Waals surface area contributed by atoms with E-state index in [9.17, 15) is 4.79 Å². The van der Waals surface area contributed by atoms with Crippen LogP contribution in [0.15, 0.2) is 0 Å². The molecule has 0 bridgehead atoms. The maximum absolute atomic E-state index is 10.1. The van der Waals surface area contributed by atoms with Crippen LogP contribution in [0, 0.1) is 5.92 Å². The molecule has 0 amide bonds. The lowest BCUT2D eigenvalue weighted by Crippen LogP contribution is -2.16.